The highest BCUT2D eigenvalue weighted by molar-refractivity contribution is 6.03. The van der Waals surface area contributed by atoms with Gasteiger partial charge in [-0.2, -0.15) is 0 Å². The second kappa shape index (κ2) is 10.8. The van der Waals surface area contributed by atoms with Crippen LogP contribution in [0.15, 0.2) is 78.9 Å². The van der Waals surface area contributed by atoms with Gasteiger partial charge >= 0.3 is 0 Å². The third kappa shape index (κ3) is 5.83. The summed E-state index contributed by atoms with van der Waals surface area (Å²) in [6.07, 6.45) is 7.96. The van der Waals surface area contributed by atoms with E-state index in [0.717, 1.165) is 42.7 Å². The van der Waals surface area contributed by atoms with Crippen molar-refractivity contribution in [2.24, 2.45) is 0 Å². The molecule has 1 atom stereocenters. The first-order valence-electron chi connectivity index (χ1n) is 12.7. The lowest BCUT2D eigenvalue weighted by atomic mass is 10.0. The molecule has 1 saturated carbocycles. The number of carbonyl (C=O) groups is 2. The fourth-order valence-electron chi connectivity index (χ4n) is 4.74. The van der Waals surface area contributed by atoms with Crippen LogP contribution in [0.25, 0.3) is 6.08 Å². The summed E-state index contributed by atoms with van der Waals surface area (Å²) in [7, 11) is 0. The molecule has 3 aromatic rings. The van der Waals surface area contributed by atoms with Crippen molar-refractivity contribution >= 4 is 35.0 Å². The van der Waals surface area contributed by atoms with Gasteiger partial charge in [0, 0.05) is 11.8 Å². The van der Waals surface area contributed by atoms with Crippen LogP contribution >= 0.6 is 0 Å². The highest BCUT2D eigenvalue weighted by Gasteiger charge is 2.30. The van der Waals surface area contributed by atoms with Crippen LogP contribution < -0.4 is 16.4 Å². The maximum absolute atomic E-state index is 13.4. The summed E-state index contributed by atoms with van der Waals surface area (Å²) >= 11 is 0. The molecule has 2 fully saturated rings. The molecule has 1 heterocycles. The summed E-state index contributed by atoms with van der Waals surface area (Å²) < 4.78 is 0. The minimum atomic E-state index is -0.349. The maximum atomic E-state index is 13.4. The van der Waals surface area contributed by atoms with Crippen molar-refractivity contribution in [3.63, 3.8) is 0 Å². The first kappa shape index (κ1) is 23.8. The molecule has 2 amide bonds. The quantitative estimate of drug-likeness (QED) is 0.290. The predicted octanol–water partition coefficient (Wildman–Crippen LogP) is 5.57. The Labute approximate surface area is 212 Å². The van der Waals surface area contributed by atoms with Gasteiger partial charge in [0.2, 0.25) is 11.8 Å². The van der Waals surface area contributed by atoms with Crippen molar-refractivity contribution in [3.8, 4) is 0 Å². The van der Waals surface area contributed by atoms with E-state index >= 15 is 0 Å². The lowest BCUT2D eigenvalue weighted by Gasteiger charge is -2.27. The largest absolute Gasteiger partial charge is 0.397 e. The third-order valence-corrected chi connectivity index (χ3v) is 6.88. The normalized spacial score (nSPS) is 16.7. The van der Waals surface area contributed by atoms with Crippen LogP contribution in [0.4, 0.5) is 17.1 Å². The molecule has 184 valence electrons. The molecule has 4 N–H and O–H groups in total. The number of amides is 2. The molecule has 1 aliphatic heterocycles. The summed E-state index contributed by atoms with van der Waals surface area (Å²) in [5.74, 6) is 0.431. The van der Waals surface area contributed by atoms with E-state index in [9.17, 15) is 9.59 Å². The van der Waals surface area contributed by atoms with Gasteiger partial charge in [0.05, 0.1) is 11.4 Å². The van der Waals surface area contributed by atoms with Gasteiger partial charge in [-0.25, -0.2) is 0 Å². The number of hydrogen-bond donors (Lipinski definition) is 3. The molecule has 3 aromatic carbocycles. The van der Waals surface area contributed by atoms with Gasteiger partial charge in [-0.05, 0) is 91.7 Å². The van der Waals surface area contributed by atoms with Crippen LogP contribution in [-0.2, 0) is 9.59 Å². The molecule has 2 aliphatic rings. The van der Waals surface area contributed by atoms with Crippen molar-refractivity contribution in [3.05, 3.63) is 95.6 Å². The Balaban J connectivity index is 1.26. The van der Waals surface area contributed by atoms with E-state index in [-0.39, 0.29) is 17.9 Å². The van der Waals surface area contributed by atoms with Crippen LogP contribution in [-0.4, -0.2) is 29.8 Å². The number of nitrogen functional groups attached to an aromatic ring is 1. The SMILES string of the molecule is Nc1ccccc1NC(=O)/C=C/c1ccc(C(C(=O)Nc2ccc(C3CC3)cc2)N2CCCC2)cc1. The van der Waals surface area contributed by atoms with E-state index in [1.54, 1.807) is 18.2 Å². The minimum absolute atomic E-state index is 0.0146. The van der Waals surface area contributed by atoms with Gasteiger partial charge in [0.25, 0.3) is 0 Å². The van der Waals surface area contributed by atoms with E-state index in [4.69, 9.17) is 5.73 Å². The second-order valence-electron chi connectivity index (χ2n) is 9.61. The van der Waals surface area contributed by atoms with E-state index in [0.29, 0.717) is 17.3 Å². The van der Waals surface area contributed by atoms with Gasteiger partial charge in [0.15, 0.2) is 0 Å². The molecule has 6 heteroatoms. The van der Waals surface area contributed by atoms with Crippen LogP contribution in [0, 0.1) is 0 Å². The molecular formula is C30H32N4O2. The first-order chi connectivity index (χ1) is 17.6. The molecule has 1 saturated heterocycles. The molecule has 1 unspecified atom stereocenters. The average Bonchev–Trinajstić information content (AvgIpc) is 3.61. The van der Waals surface area contributed by atoms with Crippen molar-refractivity contribution in [1.29, 1.82) is 0 Å². The zero-order chi connectivity index (χ0) is 24.9. The van der Waals surface area contributed by atoms with Crippen LogP contribution in [0.2, 0.25) is 0 Å². The number of nitrogens with one attached hydrogen (secondary N) is 2. The Bertz CT molecular complexity index is 1240. The zero-order valence-electron chi connectivity index (χ0n) is 20.3. The first-order valence-corrected chi connectivity index (χ1v) is 12.7. The monoisotopic (exact) mass is 480 g/mol. The summed E-state index contributed by atoms with van der Waals surface area (Å²) in [4.78, 5) is 27.9. The molecule has 0 bridgehead atoms. The Hall–Kier alpha value is -3.90. The summed E-state index contributed by atoms with van der Waals surface area (Å²) in [6.45, 7) is 1.81. The van der Waals surface area contributed by atoms with Gasteiger partial charge < -0.3 is 16.4 Å². The Morgan fingerprint density at radius 3 is 2.25 bits per heavy atom. The number of nitrogens with two attached hydrogens (primary N) is 1. The number of likely N-dealkylation sites (tertiary alicyclic amines) is 1. The number of anilines is 3. The van der Waals surface area contributed by atoms with Gasteiger partial charge in [0.1, 0.15) is 6.04 Å². The lowest BCUT2D eigenvalue weighted by molar-refractivity contribution is -0.121. The third-order valence-electron chi connectivity index (χ3n) is 6.88. The Kier molecular flexibility index (Phi) is 7.14. The van der Waals surface area contributed by atoms with E-state index in [1.165, 1.54) is 24.5 Å². The maximum Gasteiger partial charge on any atom is 0.248 e. The number of nitrogens with zero attached hydrogens (tertiary/aromatic N) is 1. The molecule has 1 aliphatic carbocycles. The highest BCUT2D eigenvalue weighted by atomic mass is 16.2. The number of hydrogen-bond acceptors (Lipinski definition) is 4. The number of para-hydroxylation sites is 2. The molecule has 0 aromatic heterocycles. The predicted molar refractivity (Wildman–Crippen MR) is 146 cm³/mol. The van der Waals surface area contributed by atoms with Crippen LogP contribution in [0.3, 0.4) is 0 Å². The second-order valence-corrected chi connectivity index (χ2v) is 9.61. The standard InChI is InChI=1S/C30H32N4O2/c31-26-5-1-2-6-27(26)33-28(35)18-9-21-7-10-24(11-8-21)29(34-19-3-4-20-34)30(36)32-25-16-14-23(15-17-25)22-12-13-22/h1-2,5-11,14-18,22,29H,3-4,12-13,19-20,31H2,(H,32,36)(H,33,35)/b18-9+. The molecule has 5 rings (SSSR count). The van der Waals surface area contributed by atoms with Crippen molar-refractivity contribution in [1.82, 2.24) is 4.90 Å². The van der Waals surface area contributed by atoms with E-state index in [2.05, 4.69) is 27.7 Å². The Morgan fingerprint density at radius 2 is 1.58 bits per heavy atom. The minimum Gasteiger partial charge on any atom is -0.397 e. The number of carbonyl (C=O) groups excluding carboxylic acids is 2. The fraction of sp³-hybridized carbons (Fsp3) is 0.267. The Morgan fingerprint density at radius 1 is 0.889 bits per heavy atom. The summed E-state index contributed by atoms with van der Waals surface area (Å²) in [6, 6.07) is 22.9. The molecular weight excluding hydrogens is 448 g/mol. The summed E-state index contributed by atoms with van der Waals surface area (Å²) in [5.41, 5.74) is 11.0. The number of benzene rings is 3. The van der Waals surface area contributed by atoms with Crippen molar-refractivity contribution in [2.45, 2.75) is 37.6 Å². The van der Waals surface area contributed by atoms with Crippen LogP contribution in [0.1, 0.15) is 54.3 Å². The highest BCUT2D eigenvalue weighted by Crippen LogP contribution is 2.40. The van der Waals surface area contributed by atoms with E-state index in [1.807, 2.05) is 48.5 Å². The van der Waals surface area contributed by atoms with Crippen molar-refractivity contribution < 1.29 is 9.59 Å². The van der Waals surface area contributed by atoms with Gasteiger partial charge in [-0.15, -0.1) is 0 Å². The summed E-state index contributed by atoms with van der Waals surface area (Å²) in [5, 5.41) is 5.92. The van der Waals surface area contributed by atoms with Crippen molar-refractivity contribution in [2.75, 3.05) is 29.5 Å². The average molecular weight is 481 g/mol. The molecule has 6 nitrogen and oxygen atoms in total. The van der Waals surface area contributed by atoms with Gasteiger partial charge in [-0.3, -0.25) is 14.5 Å². The topological polar surface area (TPSA) is 87.5 Å². The molecule has 0 spiro atoms. The number of rotatable bonds is 8. The smallest absolute Gasteiger partial charge is 0.248 e. The van der Waals surface area contributed by atoms with Gasteiger partial charge in [-0.1, -0.05) is 48.5 Å². The lowest BCUT2D eigenvalue weighted by Crippen LogP contribution is -2.35. The fourth-order valence-corrected chi connectivity index (χ4v) is 4.74. The van der Waals surface area contributed by atoms with Crippen LogP contribution in [0.5, 0.6) is 0 Å². The molecule has 36 heavy (non-hydrogen) atoms. The molecule has 0 radical (unpaired) electrons. The zero-order valence-corrected chi connectivity index (χ0v) is 20.3. The van der Waals surface area contributed by atoms with E-state index < -0.39 is 0 Å².